The first-order chi connectivity index (χ1) is 9.56. The summed E-state index contributed by atoms with van der Waals surface area (Å²) in [6, 6.07) is 4.07. The van der Waals surface area contributed by atoms with Gasteiger partial charge in [0.25, 0.3) is 5.91 Å². The van der Waals surface area contributed by atoms with E-state index in [9.17, 15) is 9.18 Å². The number of nitrogens with two attached hydrogens (primary N) is 1. The molecule has 2 atom stereocenters. The monoisotopic (exact) mass is 278 g/mol. The molecule has 0 bridgehead atoms. The minimum absolute atomic E-state index is 0.0296. The van der Waals surface area contributed by atoms with Gasteiger partial charge in [0.05, 0.1) is 5.56 Å². The molecule has 3 N–H and O–H groups in total. The molecular weight excluding hydrogens is 255 g/mol. The normalized spacial score (nSPS) is 22.5. The standard InChI is InChI=1S/C16H23FN2O/c1-11-3-2-4-12(9-11)7-8-19-16(20)14-10-13(18)5-6-15(14)17/h5-6,10-12H,2-4,7-9,18H2,1H3,(H,19,20). The molecule has 4 heteroatoms. The van der Waals surface area contributed by atoms with Gasteiger partial charge in [-0.1, -0.05) is 26.2 Å². The summed E-state index contributed by atoms with van der Waals surface area (Å²) in [5, 5.41) is 2.79. The Morgan fingerprint density at radius 1 is 1.45 bits per heavy atom. The number of rotatable bonds is 4. The molecule has 1 aliphatic rings. The van der Waals surface area contributed by atoms with E-state index in [-0.39, 0.29) is 11.5 Å². The van der Waals surface area contributed by atoms with Crippen LogP contribution in [0.15, 0.2) is 18.2 Å². The second-order valence-electron chi connectivity index (χ2n) is 5.92. The van der Waals surface area contributed by atoms with E-state index < -0.39 is 5.82 Å². The predicted molar refractivity (Wildman–Crippen MR) is 78.9 cm³/mol. The quantitative estimate of drug-likeness (QED) is 0.830. The van der Waals surface area contributed by atoms with Gasteiger partial charge in [-0.25, -0.2) is 4.39 Å². The molecule has 3 nitrogen and oxygen atoms in total. The van der Waals surface area contributed by atoms with Crippen molar-refractivity contribution in [3.8, 4) is 0 Å². The molecule has 1 amide bonds. The average molecular weight is 278 g/mol. The van der Waals surface area contributed by atoms with Crippen molar-refractivity contribution in [2.75, 3.05) is 12.3 Å². The number of nitrogen functional groups attached to an aromatic ring is 1. The SMILES string of the molecule is CC1CCCC(CCNC(=O)c2cc(N)ccc2F)C1. The van der Waals surface area contributed by atoms with Crippen molar-refractivity contribution in [2.24, 2.45) is 11.8 Å². The van der Waals surface area contributed by atoms with Crippen LogP contribution in [0.5, 0.6) is 0 Å². The van der Waals surface area contributed by atoms with Gasteiger partial charge in [0, 0.05) is 12.2 Å². The number of benzene rings is 1. The third-order valence-corrected chi connectivity index (χ3v) is 4.12. The van der Waals surface area contributed by atoms with Crippen molar-refractivity contribution < 1.29 is 9.18 Å². The Hall–Kier alpha value is -1.58. The Bertz CT molecular complexity index is 476. The molecule has 1 fully saturated rings. The van der Waals surface area contributed by atoms with Crippen LogP contribution in [-0.2, 0) is 0 Å². The van der Waals surface area contributed by atoms with Crippen LogP contribution in [0.25, 0.3) is 0 Å². The lowest BCUT2D eigenvalue weighted by molar-refractivity contribution is 0.0945. The first-order valence-corrected chi connectivity index (χ1v) is 7.39. The fourth-order valence-corrected chi connectivity index (χ4v) is 3.02. The molecule has 0 heterocycles. The molecule has 1 aromatic carbocycles. The van der Waals surface area contributed by atoms with Gasteiger partial charge in [0.2, 0.25) is 0 Å². The lowest BCUT2D eigenvalue weighted by atomic mass is 9.81. The zero-order valence-electron chi connectivity index (χ0n) is 12.0. The zero-order chi connectivity index (χ0) is 14.5. The fourth-order valence-electron chi connectivity index (χ4n) is 3.02. The van der Waals surface area contributed by atoms with Crippen molar-refractivity contribution in [3.05, 3.63) is 29.6 Å². The van der Waals surface area contributed by atoms with Gasteiger partial charge in [0.1, 0.15) is 5.82 Å². The Morgan fingerprint density at radius 2 is 2.25 bits per heavy atom. The Kier molecular flexibility index (Phi) is 4.99. The van der Waals surface area contributed by atoms with E-state index >= 15 is 0 Å². The van der Waals surface area contributed by atoms with Crippen LogP contribution >= 0.6 is 0 Å². The molecule has 20 heavy (non-hydrogen) atoms. The molecule has 0 radical (unpaired) electrons. The van der Waals surface area contributed by atoms with Crippen molar-refractivity contribution in [1.82, 2.24) is 5.32 Å². The van der Waals surface area contributed by atoms with Gasteiger partial charge in [0.15, 0.2) is 0 Å². The molecular formula is C16H23FN2O. The van der Waals surface area contributed by atoms with E-state index in [4.69, 9.17) is 5.73 Å². The molecule has 2 rings (SSSR count). The van der Waals surface area contributed by atoms with Crippen LogP contribution in [0, 0.1) is 17.7 Å². The van der Waals surface area contributed by atoms with Gasteiger partial charge < -0.3 is 11.1 Å². The van der Waals surface area contributed by atoms with Crippen molar-refractivity contribution in [1.29, 1.82) is 0 Å². The average Bonchev–Trinajstić information content (AvgIpc) is 2.41. The number of hydrogen-bond donors (Lipinski definition) is 2. The van der Waals surface area contributed by atoms with Crippen LogP contribution < -0.4 is 11.1 Å². The van der Waals surface area contributed by atoms with E-state index in [0.717, 1.165) is 12.3 Å². The van der Waals surface area contributed by atoms with E-state index in [2.05, 4.69) is 12.2 Å². The fraction of sp³-hybridized carbons (Fsp3) is 0.562. The molecule has 0 aliphatic heterocycles. The summed E-state index contributed by atoms with van der Waals surface area (Å²) in [5.74, 6) is 0.571. The van der Waals surface area contributed by atoms with Crippen LogP contribution in [0.3, 0.4) is 0 Å². The number of anilines is 1. The first kappa shape index (κ1) is 14.8. The number of amides is 1. The first-order valence-electron chi connectivity index (χ1n) is 7.39. The van der Waals surface area contributed by atoms with E-state index in [0.29, 0.717) is 18.2 Å². The Morgan fingerprint density at radius 3 is 3.00 bits per heavy atom. The van der Waals surface area contributed by atoms with Crippen molar-refractivity contribution in [3.63, 3.8) is 0 Å². The third-order valence-electron chi connectivity index (χ3n) is 4.12. The number of hydrogen-bond acceptors (Lipinski definition) is 2. The Balaban J connectivity index is 1.81. The molecule has 2 unspecified atom stereocenters. The van der Waals surface area contributed by atoms with E-state index in [1.807, 2.05) is 0 Å². The van der Waals surface area contributed by atoms with Crippen molar-refractivity contribution >= 4 is 11.6 Å². The highest BCUT2D eigenvalue weighted by Crippen LogP contribution is 2.30. The molecule has 0 spiro atoms. The summed E-state index contributed by atoms with van der Waals surface area (Å²) in [7, 11) is 0. The number of carbonyl (C=O) groups excluding carboxylic acids is 1. The lowest BCUT2D eigenvalue weighted by Gasteiger charge is -2.26. The second-order valence-corrected chi connectivity index (χ2v) is 5.92. The minimum Gasteiger partial charge on any atom is -0.399 e. The van der Waals surface area contributed by atoms with Crippen molar-refractivity contribution in [2.45, 2.75) is 39.0 Å². The highest BCUT2D eigenvalue weighted by molar-refractivity contribution is 5.95. The van der Waals surface area contributed by atoms with Crippen LogP contribution in [0.2, 0.25) is 0 Å². The summed E-state index contributed by atoms with van der Waals surface area (Å²) in [4.78, 5) is 11.9. The second kappa shape index (κ2) is 6.73. The third kappa shape index (κ3) is 3.95. The van der Waals surface area contributed by atoms with E-state index in [1.54, 1.807) is 0 Å². The summed E-state index contributed by atoms with van der Waals surface area (Å²) in [6.07, 6.45) is 6.05. The summed E-state index contributed by atoms with van der Waals surface area (Å²) < 4.78 is 13.5. The van der Waals surface area contributed by atoms with Gasteiger partial charge in [-0.3, -0.25) is 4.79 Å². The molecule has 0 aromatic heterocycles. The maximum atomic E-state index is 13.5. The molecule has 1 aromatic rings. The topological polar surface area (TPSA) is 55.1 Å². The van der Waals surface area contributed by atoms with Crippen LogP contribution in [-0.4, -0.2) is 12.5 Å². The van der Waals surface area contributed by atoms with Crippen LogP contribution in [0.4, 0.5) is 10.1 Å². The summed E-state index contributed by atoms with van der Waals surface area (Å²) >= 11 is 0. The maximum absolute atomic E-state index is 13.5. The summed E-state index contributed by atoms with van der Waals surface area (Å²) in [6.45, 7) is 2.89. The maximum Gasteiger partial charge on any atom is 0.254 e. The molecule has 110 valence electrons. The highest BCUT2D eigenvalue weighted by atomic mass is 19.1. The largest absolute Gasteiger partial charge is 0.399 e. The highest BCUT2D eigenvalue weighted by Gasteiger charge is 2.19. The molecule has 1 saturated carbocycles. The Labute approximate surface area is 119 Å². The number of nitrogens with one attached hydrogen (secondary N) is 1. The van der Waals surface area contributed by atoms with Gasteiger partial charge in [-0.2, -0.15) is 0 Å². The lowest BCUT2D eigenvalue weighted by Crippen LogP contribution is -2.27. The summed E-state index contributed by atoms with van der Waals surface area (Å²) in [5.41, 5.74) is 6.01. The van der Waals surface area contributed by atoms with E-state index in [1.165, 1.54) is 43.9 Å². The predicted octanol–water partition coefficient (Wildman–Crippen LogP) is 3.35. The van der Waals surface area contributed by atoms with Gasteiger partial charge >= 0.3 is 0 Å². The smallest absolute Gasteiger partial charge is 0.254 e. The minimum atomic E-state index is -0.525. The molecule has 0 saturated heterocycles. The number of carbonyl (C=O) groups is 1. The molecule has 1 aliphatic carbocycles. The van der Waals surface area contributed by atoms with Crippen LogP contribution in [0.1, 0.15) is 49.4 Å². The zero-order valence-corrected chi connectivity index (χ0v) is 12.0. The van der Waals surface area contributed by atoms with Gasteiger partial charge in [-0.05, 0) is 42.9 Å². The number of halogens is 1. The van der Waals surface area contributed by atoms with Gasteiger partial charge in [-0.15, -0.1) is 0 Å².